The molecule has 1 aromatic heterocycles. The molecule has 1 aromatic carbocycles. The van der Waals surface area contributed by atoms with Crippen molar-refractivity contribution in [2.75, 3.05) is 11.6 Å². The van der Waals surface area contributed by atoms with Crippen LogP contribution in [0.25, 0.3) is 0 Å². The van der Waals surface area contributed by atoms with E-state index in [-0.39, 0.29) is 5.91 Å². The van der Waals surface area contributed by atoms with Crippen molar-refractivity contribution in [3.05, 3.63) is 45.2 Å². The van der Waals surface area contributed by atoms with Gasteiger partial charge in [-0.25, -0.2) is 9.97 Å². The van der Waals surface area contributed by atoms with E-state index in [0.29, 0.717) is 12.8 Å². The van der Waals surface area contributed by atoms with Crippen LogP contribution >= 0.6 is 27.7 Å². The van der Waals surface area contributed by atoms with Crippen molar-refractivity contribution in [2.45, 2.75) is 38.8 Å². The molecule has 0 spiro atoms. The number of benzene rings is 1. The molecule has 0 radical (unpaired) electrons. The van der Waals surface area contributed by atoms with Crippen molar-refractivity contribution >= 4 is 39.3 Å². The summed E-state index contributed by atoms with van der Waals surface area (Å²) in [5, 5.41) is 3.74. The van der Waals surface area contributed by atoms with E-state index in [4.69, 9.17) is 0 Å². The molecule has 6 heteroatoms. The molecule has 4 nitrogen and oxygen atoms in total. The highest BCUT2D eigenvalue weighted by molar-refractivity contribution is 9.10. The molecule has 0 aliphatic rings. The number of halogens is 1. The summed E-state index contributed by atoms with van der Waals surface area (Å²) >= 11 is 4.95. The van der Waals surface area contributed by atoms with Gasteiger partial charge in [-0.3, -0.25) is 4.79 Å². The average Bonchev–Trinajstić information content (AvgIpc) is 2.49. The smallest absolute Gasteiger partial charge is 0.224 e. The van der Waals surface area contributed by atoms with E-state index in [1.165, 1.54) is 11.8 Å². The number of nitrogens with one attached hydrogen (secondary N) is 1. The van der Waals surface area contributed by atoms with Crippen molar-refractivity contribution in [1.82, 2.24) is 9.97 Å². The molecule has 1 amide bonds. The minimum absolute atomic E-state index is 0.00293. The van der Waals surface area contributed by atoms with Crippen molar-refractivity contribution in [3.8, 4) is 0 Å². The fraction of sp³-hybridized carbons (Fsp3) is 0.353. The Labute approximate surface area is 149 Å². The standard InChI is InChI=1S/C17H20BrN3OS/c1-10-9-13(18)5-7-15(10)21-16(22)8-6-14-11(2)19-17(23-4)20-12(14)3/h5,7,9H,6,8H2,1-4H3,(H,21,22). The Morgan fingerprint density at radius 2 is 1.87 bits per heavy atom. The van der Waals surface area contributed by atoms with E-state index in [9.17, 15) is 4.79 Å². The van der Waals surface area contributed by atoms with Crippen LogP contribution in [-0.2, 0) is 11.2 Å². The number of anilines is 1. The van der Waals surface area contributed by atoms with Gasteiger partial charge in [0.05, 0.1) is 0 Å². The summed E-state index contributed by atoms with van der Waals surface area (Å²) in [6.07, 6.45) is 3.02. The van der Waals surface area contributed by atoms with Crippen LogP contribution in [0.3, 0.4) is 0 Å². The summed E-state index contributed by atoms with van der Waals surface area (Å²) in [7, 11) is 0. The second-order valence-electron chi connectivity index (χ2n) is 5.37. The van der Waals surface area contributed by atoms with Gasteiger partial charge >= 0.3 is 0 Å². The number of aryl methyl sites for hydroxylation is 3. The zero-order valence-corrected chi connectivity index (χ0v) is 16.1. The molecule has 1 heterocycles. The monoisotopic (exact) mass is 393 g/mol. The van der Waals surface area contributed by atoms with E-state index in [0.717, 1.165) is 37.8 Å². The Morgan fingerprint density at radius 1 is 1.22 bits per heavy atom. The lowest BCUT2D eigenvalue weighted by molar-refractivity contribution is -0.116. The lowest BCUT2D eigenvalue weighted by Crippen LogP contribution is -2.14. The maximum atomic E-state index is 12.2. The number of thioether (sulfide) groups is 1. The molecular weight excluding hydrogens is 374 g/mol. The number of carbonyl (C=O) groups is 1. The first-order valence-electron chi connectivity index (χ1n) is 7.35. The quantitative estimate of drug-likeness (QED) is 0.601. The fourth-order valence-corrected chi connectivity index (χ4v) is 3.31. The Morgan fingerprint density at radius 3 is 2.43 bits per heavy atom. The lowest BCUT2D eigenvalue weighted by Gasteiger charge is -2.11. The molecule has 0 aliphatic heterocycles. The van der Waals surface area contributed by atoms with Crippen LogP contribution < -0.4 is 5.32 Å². The van der Waals surface area contributed by atoms with Gasteiger partial charge in [-0.2, -0.15) is 0 Å². The molecule has 23 heavy (non-hydrogen) atoms. The van der Waals surface area contributed by atoms with E-state index >= 15 is 0 Å². The van der Waals surface area contributed by atoms with Crippen molar-refractivity contribution in [3.63, 3.8) is 0 Å². The van der Waals surface area contributed by atoms with Gasteiger partial charge in [-0.1, -0.05) is 27.7 Å². The van der Waals surface area contributed by atoms with Crippen LogP contribution in [0.4, 0.5) is 5.69 Å². The molecule has 0 unspecified atom stereocenters. The molecule has 0 atom stereocenters. The molecule has 0 aliphatic carbocycles. The molecule has 0 saturated carbocycles. The molecule has 2 rings (SSSR count). The molecule has 1 N–H and O–H groups in total. The third-order valence-electron chi connectivity index (χ3n) is 3.65. The second-order valence-corrected chi connectivity index (χ2v) is 7.06. The number of amides is 1. The first kappa shape index (κ1) is 17.9. The maximum Gasteiger partial charge on any atom is 0.224 e. The predicted octanol–water partition coefficient (Wildman–Crippen LogP) is 4.46. The third kappa shape index (κ3) is 4.78. The summed E-state index contributed by atoms with van der Waals surface area (Å²) in [4.78, 5) is 21.1. The van der Waals surface area contributed by atoms with E-state index in [1.807, 2.05) is 45.2 Å². The lowest BCUT2D eigenvalue weighted by atomic mass is 10.1. The topological polar surface area (TPSA) is 54.9 Å². The number of rotatable bonds is 5. The highest BCUT2D eigenvalue weighted by Gasteiger charge is 2.11. The van der Waals surface area contributed by atoms with Crippen molar-refractivity contribution in [1.29, 1.82) is 0 Å². The van der Waals surface area contributed by atoms with Gasteiger partial charge in [-0.05, 0) is 62.8 Å². The summed E-state index contributed by atoms with van der Waals surface area (Å²) in [5.74, 6) is 0.00293. The molecule has 0 saturated heterocycles. The molecule has 0 fully saturated rings. The van der Waals surface area contributed by atoms with Crippen LogP contribution in [0.1, 0.15) is 28.9 Å². The first-order valence-corrected chi connectivity index (χ1v) is 9.36. The fourth-order valence-electron chi connectivity index (χ4n) is 2.38. The Bertz CT molecular complexity index is 711. The van der Waals surface area contributed by atoms with Gasteiger partial charge < -0.3 is 5.32 Å². The van der Waals surface area contributed by atoms with E-state index in [1.54, 1.807) is 0 Å². The van der Waals surface area contributed by atoms with Crippen LogP contribution in [0.2, 0.25) is 0 Å². The predicted molar refractivity (Wildman–Crippen MR) is 99.1 cm³/mol. The van der Waals surface area contributed by atoms with Gasteiger partial charge in [0.1, 0.15) is 0 Å². The van der Waals surface area contributed by atoms with Crippen LogP contribution in [-0.4, -0.2) is 22.1 Å². The third-order valence-corrected chi connectivity index (χ3v) is 4.69. The highest BCUT2D eigenvalue weighted by Crippen LogP contribution is 2.21. The number of aromatic nitrogens is 2. The zero-order valence-electron chi connectivity index (χ0n) is 13.7. The van der Waals surface area contributed by atoms with Gasteiger partial charge in [0.25, 0.3) is 0 Å². The Balaban J connectivity index is 2.02. The van der Waals surface area contributed by atoms with Gasteiger partial charge in [-0.15, -0.1) is 0 Å². The van der Waals surface area contributed by atoms with E-state index in [2.05, 4.69) is 31.2 Å². The Kier molecular flexibility index (Phi) is 6.18. The van der Waals surface area contributed by atoms with Crippen LogP contribution in [0.15, 0.2) is 27.8 Å². The van der Waals surface area contributed by atoms with Gasteiger partial charge in [0, 0.05) is 28.0 Å². The van der Waals surface area contributed by atoms with Gasteiger partial charge in [0.15, 0.2) is 5.16 Å². The largest absolute Gasteiger partial charge is 0.326 e. The molecular formula is C17H20BrN3OS. The molecule has 0 bridgehead atoms. The highest BCUT2D eigenvalue weighted by atomic mass is 79.9. The van der Waals surface area contributed by atoms with Crippen LogP contribution in [0.5, 0.6) is 0 Å². The SMILES string of the molecule is CSc1nc(C)c(CCC(=O)Nc2ccc(Br)cc2C)c(C)n1. The molecule has 2 aromatic rings. The minimum Gasteiger partial charge on any atom is -0.326 e. The first-order chi connectivity index (χ1) is 10.9. The molecule has 122 valence electrons. The number of carbonyl (C=O) groups excluding carboxylic acids is 1. The summed E-state index contributed by atoms with van der Waals surface area (Å²) in [6.45, 7) is 5.92. The summed E-state index contributed by atoms with van der Waals surface area (Å²) < 4.78 is 1.00. The Hall–Kier alpha value is -1.40. The van der Waals surface area contributed by atoms with Crippen molar-refractivity contribution in [2.24, 2.45) is 0 Å². The van der Waals surface area contributed by atoms with E-state index < -0.39 is 0 Å². The second kappa shape index (κ2) is 7.93. The average molecular weight is 394 g/mol. The minimum atomic E-state index is 0.00293. The maximum absolute atomic E-state index is 12.2. The van der Waals surface area contributed by atoms with Gasteiger partial charge in [0.2, 0.25) is 5.91 Å². The number of nitrogens with zero attached hydrogens (tertiary/aromatic N) is 2. The zero-order chi connectivity index (χ0) is 17.0. The normalized spacial score (nSPS) is 10.7. The summed E-state index contributed by atoms with van der Waals surface area (Å²) in [6, 6.07) is 5.81. The number of hydrogen-bond donors (Lipinski definition) is 1. The van der Waals surface area contributed by atoms with Crippen LogP contribution in [0, 0.1) is 20.8 Å². The number of hydrogen-bond acceptors (Lipinski definition) is 4. The van der Waals surface area contributed by atoms with Crippen molar-refractivity contribution < 1.29 is 4.79 Å². The summed E-state index contributed by atoms with van der Waals surface area (Å²) in [5.41, 5.74) is 4.85.